The third kappa shape index (κ3) is 2.10. The fourth-order valence-corrected chi connectivity index (χ4v) is 3.65. The van der Waals surface area contributed by atoms with Crippen LogP contribution in [-0.2, 0) is 0 Å². The minimum absolute atomic E-state index is 0.783. The summed E-state index contributed by atoms with van der Waals surface area (Å²) >= 11 is 0. The first-order chi connectivity index (χ1) is 9.97. The van der Waals surface area contributed by atoms with Gasteiger partial charge in [-0.3, -0.25) is 0 Å². The summed E-state index contributed by atoms with van der Waals surface area (Å²) in [5, 5.41) is 4.11. The van der Waals surface area contributed by atoms with Crippen molar-refractivity contribution in [3.05, 3.63) is 30.3 Å². The van der Waals surface area contributed by atoms with Crippen molar-refractivity contribution in [2.45, 2.75) is 19.6 Å². The Morgan fingerprint density at radius 3 is 1.95 bits per heavy atom. The van der Waals surface area contributed by atoms with Crippen LogP contribution in [0.25, 0.3) is 21.7 Å². The third-order valence-electron chi connectivity index (χ3n) is 3.75. The molecule has 0 spiro atoms. The largest absolute Gasteiger partial charge is 0.495 e. The third-order valence-corrected chi connectivity index (χ3v) is 5.47. The van der Waals surface area contributed by atoms with Gasteiger partial charge in [0.15, 0.2) is 11.3 Å². The van der Waals surface area contributed by atoms with E-state index in [0.717, 1.165) is 38.6 Å². The predicted molar refractivity (Wildman–Crippen MR) is 89.8 cm³/mol. The SMILES string of the molecule is COc1c2ccccc2c(OC)c2oc([Si](C)(C)C)cc12. The van der Waals surface area contributed by atoms with E-state index in [2.05, 4.69) is 31.8 Å². The van der Waals surface area contributed by atoms with Gasteiger partial charge in [0.05, 0.1) is 25.0 Å². The van der Waals surface area contributed by atoms with Crippen LogP contribution in [-0.4, -0.2) is 22.3 Å². The standard InChI is InChI=1S/C17H20O3Si/c1-18-15-11-8-6-7-9-12(11)16(19-2)17-13(15)10-14(20-17)21(3,4)5/h6-10H,1-5H3. The molecule has 0 radical (unpaired) electrons. The van der Waals surface area contributed by atoms with Crippen LogP contribution in [0.1, 0.15) is 0 Å². The van der Waals surface area contributed by atoms with Gasteiger partial charge in [-0.1, -0.05) is 43.9 Å². The van der Waals surface area contributed by atoms with Crippen LogP contribution in [0.15, 0.2) is 34.7 Å². The van der Waals surface area contributed by atoms with Crippen molar-refractivity contribution in [3.8, 4) is 11.5 Å². The van der Waals surface area contributed by atoms with Crippen LogP contribution in [0.5, 0.6) is 11.5 Å². The summed E-state index contributed by atoms with van der Waals surface area (Å²) in [5.74, 6) is 1.64. The van der Waals surface area contributed by atoms with Gasteiger partial charge in [0.25, 0.3) is 0 Å². The number of benzene rings is 2. The Labute approximate surface area is 125 Å². The second kappa shape index (κ2) is 4.81. The first-order valence-electron chi connectivity index (χ1n) is 7.04. The molecule has 4 heteroatoms. The molecule has 1 heterocycles. The van der Waals surface area contributed by atoms with E-state index in [-0.39, 0.29) is 0 Å². The van der Waals surface area contributed by atoms with Gasteiger partial charge >= 0.3 is 0 Å². The molecular formula is C17H20O3Si. The molecule has 0 aliphatic carbocycles. The van der Waals surface area contributed by atoms with Gasteiger partial charge in [-0.15, -0.1) is 0 Å². The molecule has 0 saturated heterocycles. The van der Waals surface area contributed by atoms with Gasteiger partial charge in [-0.05, 0) is 6.07 Å². The van der Waals surface area contributed by atoms with E-state index in [1.165, 1.54) is 0 Å². The second-order valence-corrected chi connectivity index (χ2v) is 11.2. The monoisotopic (exact) mass is 300 g/mol. The maximum absolute atomic E-state index is 6.16. The normalized spacial score (nSPS) is 12.0. The van der Waals surface area contributed by atoms with E-state index in [9.17, 15) is 0 Å². The fourth-order valence-electron chi connectivity index (χ4n) is 2.67. The Balaban J connectivity index is 2.51. The lowest BCUT2D eigenvalue weighted by molar-refractivity contribution is 0.411. The van der Waals surface area contributed by atoms with Gasteiger partial charge < -0.3 is 13.9 Å². The van der Waals surface area contributed by atoms with Crippen molar-refractivity contribution in [2.24, 2.45) is 0 Å². The molecule has 3 aromatic rings. The summed E-state index contributed by atoms with van der Waals surface area (Å²) in [6.07, 6.45) is 0. The Morgan fingerprint density at radius 2 is 1.43 bits per heavy atom. The van der Waals surface area contributed by atoms with Crippen molar-refractivity contribution in [1.29, 1.82) is 0 Å². The predicted octanol–water partition coefficient (Wildman–Crippen LogP) is 4.15. The van der Waals surface area contributed by atoms with Crippen LogP contribution in [0.4, 0.5) is 0 Å². The molecule has 110 valence electrons. The summed E-state index contributed by atoms with van der Waals surface area (Å²) in [6.45, 7) is 6.80. The number of rotatable bonds is 3. The summed E-state index contributed by atoms with van der Waals surface area (Å²) in [4.78, 5) is 0. The number of methoxy groups -OCH3 is 2. The molecule has 1 aromatic heterocycles. The van der Waals surface area contributed by atoms with Crippen LogP contribution in [0, 0.1) is 0 Å². The molecule has 21 heavy (non-hydrogen) atoms. The highest BCUT2D eigenvalue weighted by molar-refractivity contribution is 6.87. The Bertz CT molecular complexity index is 752. The molecule has 0 N–H and O–H groups in total. The zero-order valence-electron chi connectivity index (χ0n) is 13.1. The summed E-state index contributed by atoms with van der Waals surface area (Å²) < 4.78 is 17.5. The van der Waals surface area contributed by atoms with Crippen LogP contribution in [0.3, 0.4) is 0 Å². The lowest BCUT2D eigenvalue weighted by atomic mass is 10.1. The lowest BCUT2D eigenvalue weighted by Gasteiger charge is -2.11. The van der Waals surface area contributed by atoms with E-state index in [0.29, 0.717) is 0 Å². The molecule has 3 rings (SSSR count). The number of ether oxygens (including phenoxy) is 2. The molecule has 0 fully saturated rings. The van der Waals surface area contributed by atoms with Crippen LogP contribution >= 0.6 is 0 Å². The molecule has 0 aliphatic heterocycles. The van der Waals surface area contributed by atoms with Crippen molar-refractivity contribution >= 4 is 35.2 Å². The lowest BCUT2D eigenvalue weighted by Crippen LogP contribution is -2.36. The molecule has 0 atom stereocenters. The molecule has 0 saturated carbocycles. The first kappa shape index (κ1) is 14.0. The molecule has 2 aromatic carbocycles. The number of fused-ring (bicyclic) bond motifs is 2. The highest BCUT2D eigenvalue weighted by atomic mass is 28.3. The van der Waals surface area contributed by atoms with Gasteiger partial charge in [-0.25, -0.2) is 0 Å². The Hall–Kier alpha value is -1.94. The fraction of sp³-hybridized carbons (Fsp3) is 0.294. The molecule has 0 aliphatic rings. The van der Waals surface area contributed by atoms with Crippen LogP contribution in [0.2, 0.25) is 19.6 Å². The van der Waals surface area contributed by atoms with Gasteiger partial charge in [0.1, 0.15) is 13.8 Å². The topological polar surface area (TPSA) is 31.6 Å². The van der Waals surface area contributed by atoms with E-state index in [1.54, 1.807) is 14.2 Å². The highest BCUT2D eigenvalue weighted by Gasteiger charge is 2.26. The van der Waals surface area contributed by atoms with Gasteiger partial charge in [0, 0.05) is 10.8 Å². The van der Waals surface area contributed by atoms with Crippen LogP contribution < -0.4 is 14.9 Å². The molecule has 0 bridgehead atoms. The smallest absolute Gasteiger partial charge is 0.179 e. The zero-order valence-corrected chi connectivity index (χ0v) is 14.1. The quantitative estimate of drug-likeness (QED) is 0.681. The Morgan fingerprint density at radius 1 is 0.857 bits per heavy atom. The van der Waals surface area contributed by atoms with Gasteiger partial charge in [0.2, 0.25) is 0 Å². The van der Waals surface area contributed by atoms with E-state index >= 15 is 0 Å². The van der Waals surface area contributed by atoms with E-state index in [4.69, 9.17) is 13.9 Å². The summed E-state index contributed by atoms with van der Waals surface area (Å²) in [5.41, 5.74) is 0.783. The molecule has 3 nitrogen and oxygen atoms in total. The summed E-state index contributed by atoms with van der Waals surface area (Å²) in [7, 11) is 1.85. The first-order valence-corrected chi connectivity index (χ1v) is 10.5. The number of furan rings is 1. The second-order valence-electron chi connectivity index (χ2n) is 6.22. The van der Waals surface area contributed by atoms with E-state index < -0.39 is 8.07 Å². The highest BCUT2D eigenvalue weighted by Crippen LogP contribution is 2.42. The minimum atomic E-state index is -1.54. The van der Waals surface area contributed by atoms with Crippen molar-refractivity contribution in [1.82, 2.24) is 0 Å². The number of hydrogen-bond acceptors (Lipinski definition) is 3. The van der Waals surface area contributed by atoms with E-state index in [1.807, 2.05) is 18.2 Å². The average Bonchev–Trinajstić information content (AvgIpc) is 2.89. The maximum Gasteiger partial charge on any atom is 0.179 e. The zero-order chi connectivity index (χ0) is 15.2. The van der Waals surface area contributed by atoms with Crippen molar-refractivity contribution in [3.63, 3.8) is 0 Å². The van der Waals surface area contributed by atoms with Crippen molar-refractivity contribution in [2.75, 3.05) is 14.2 Å². The molecule has 0 amide bonds. The average molecular weight is 300 g/mol. The number of hydrogen-bond donors (Lipinski definition) is 0. The molecular weight excluding hydrogens is 280 g/mol. The van der Waals surface area contributed by atoms with Crippen molar-refractivity contribution < 1.29 is 13.9 Å². The Kier molecular flexibility index (Phi) is 3.21. The summed E-state index contributed by atoms with van der Waals surface area (Å²) in [6, 6.07) is 10.2. The maximum atomic E-state index is 6.16. The molecule has 0 unspecified atom stereocenters. The van der Waals surface area contributed by atoms with Gasteiger partial charge in [-0.2, -0.15) is 0 Å². The minimum Gasteiger partial charge on any atom is -0.495 e.